The van der Waals surface area contributed by atoms with Crippen LogP contribution in [0.3, 0.4) is 0 Å². The van der Waals surface area contributed by atoms with Crippen LogP contribution in [0.25, 0.3) is 11.3 Å². The maximum Gasteiger partial charge on any atom is 0.0650 e. The van der Waals surface area contributed by atoms with Crippen LogP contribution in [0.1, 0.15) is 39.5 Å². The third-order valence-corrected chi connectivity index (χ3v) is 4.70. The van der Waals surface area contributed by atoms with Crippen LogP contribution in [0, 0.1) is 11.8 Å². The fraction of sp³-hybridized carbons (Fsp3) is 0.500. The van der Waals surface area contributed by atoms with E-state index < -0.39 is 0 Å². The van der Waals surface area contributed by atoms with Gasteiger partial charge in [-0.3, -0.25) is 5.10 Å². The summed E-state index contributed by atoms with van der Waals surface area (Å²) in [6.45, 7) is 4.71. The molecule has 1 heterocycles. The molecule has 3 nitrogen and oxygen atoms in total. The van der Waals surface area contributed by atoms with Crippen molar-refractivity contribution in [2.24, 2.45) is 11.8 Å². The van der Waals surface area contributed by atoms with Gasteiger partial charge >= 0.3 is 0 Å². The quantitative estimate of drug-likeness (QED) is 0.853. The van der Waals surface area contributed by atoms with E-state index in [0.29, 0.717) is 6.04 Å². The predicted octanol–water partition coefficient (Wildman–Crippen LogP) is 4.70. The summed E-state index contributed by atoms with van der Waals surface area (Å²) in [4.78, 5) is 0. The molecule has 0 radical (unpaired) electrons. The summed E-state index contributed by atoms with van der Waals surface area (Å²) in [7, 11) is 0. The second-order valence-corrected chi connectivity index (χ2v) is 6.49. The molecule has 2 N–H and O–H groups in total. The summed E-state index contributed by atoms with van der Waals surface area (Å²) in [6, 6.07) is 11.3. The maximum absolute atomic E-state index is 4.03. The molecule has 0 saturated heterocycles. The molecular weight excluding hydrogens is 258 g/mol. The number of aromatic amines is 1. The second-order valence-electron chi connectivity index (χ2n) is 6.49. The molecule has 2 aromatic rings. The van der Waals surface area contributed by atoms with Crippen LogP contribution in [0.5, 0.6) is 0 Å². The molecule has 21 heavy (non-hydrogen) atoms. The monoisotopic (exact) mass is 283 g/mol. The highest BCUT2D eigenvalue weighted by molar-refractivity contribution is 5.64. The van der Waals surface area contributed by atoms with Gasteiger partial charge in [0.05, 0.1) is 5.69 Å². The van der Waals surface area contributed by atoms with Gasteiger partial charge in [-0.05, 0) is 42.9 Å². The first kappa shape index (κ1) is 14.2. The van der Waals surface area contributed by atoms with Crippen LogP contribution in [-0.2, 0) is 0 Å². The van der Waals surface area contributed by atoms with E-state index in [9.17, 15) is 0 Å². The lowest BCUT2D eigenvalue weighted by molar-refractivity contribution is 0.254. The minimum absolute atomic E-state index is 0.607. The van der Waals surface area contributed by atoms with Crippen LogP contribution in [0.15, 0.2) is 36.5 Å². The standard InChI is InChI=1S/C18H25N3/c1-13(2)16-8-3-4-9-18(16)20-15-7-5-6-14(12-15)17-10-11-19-21-17/h5-7,10-13,16,18,20H,3-4,8-9H2,1-2H3,(H,19,21). The molecule has 1 fully saturated rings. The van der Waals surface area contributed by atoms with Crippen LogP contribution >= 0.6 is 0 Å². The number of hydrogen-bond acceptors (Lipinski definition) is 2. The Bertz CT molecular complexity index is 560. The lowest BCUT2D eigenvalue weighted by Gasteiger charge is -2.35. The van der Waals surface area contributed by atoms with Crippen LogP contribution in [0.2, 0.25) is 0 Å². The lowest BCUT2D eigenvalue weighted by Crippen LogP contribution is -2.35. The van der Waals surface area contributed by atoms with Crippen molar-refractivity contribution in [1.82, 2.24) is 10.2 Å². The number of nitrogens with zero attached hydrogens (tertiary/aromatic N) is 1. The van der Waals surface area contributed by atoms with E-state index in [4.69, 9.17) is 0 Å². The molecule has 1 aromatic heterocycles. The van der Waals surface area contributed by atoms with Crippen LogP contribution in [-0.4, -0.2) is 16.2 Å². The van der Waals surface area contributed by atoms with Crippen molar-refractivity contribution < 1.29 is 0 Å². The van der Waals surface area contributed by atoms with Crippen molar-refractivity contribution in [3.63, 3.8) is 0 Å². The highest BCUT2D eigenvalue weighted by Crippen LogP contribution is 2.32. The summed E-state index contributed by atoms with van der Waals surface area (Å²) in [5.41, 5.74) is 3.48. The van der Waals surface area contributed by atoms with Gasteiger partial charge in [-0.1, -0.05) is 38.8 Å². The van der Waals surface area contributed by atoms with Gasteiger partial charge in [0.1, 0.15) is 0 Å². The normalized spacial score (nSPS) is 22.4. The Hall–Kier alpha value is -1.77. The Kier molecular flexibility index (Phi) is 4.28. The average molecular weight is 283 g/mol. The van der Waals surface area contributed by atoms with Gasteiger partial charge in [0.2, 0.25) is 0 Å². The van der Waals surface area contributed by atoms with Gasteiger partial charge in [-0.2, -0.15) is 5.10 Å². The number of nitrogens with one attached hydrogen (secondary N) is 2. The highest BCUT2D eigenvalue weighted by Gasteiger charge is 2.27. The zero-order valence-electron chi connectivity index (χ0n) is 13.0. The summed E-state index contributed by atoms with van der Waals surface area (Å²) >= 11 is 0. The van der Waals surface area contributed by atoms with Gasteiger partial charge in [-0.15, -0.1) is 0 Å². The molecule has 0 amide bonds. The molecule has 1 aromatic carbocycles. The van der Waals surface area contributed by atoms with Crippen molar-refractivity contribution in [3.05, 3.63) is 36.5 Å². The van der Waals surface area contributed by atoms with E-state index in [0.717, 1.165) is 17.5 Å². The lowest BCUT2D eigenvalue weighted by atomic mass is 9.78. The summed E-state index contributed by atoms with van der Waals surface area (Å²) in [5.74, 6) is 1.54. The fourth-order valence-electron chi connectivity index (χ4n) is 3.54. The van der Waals surface area contributed by atoms with E-state index in [1.165, 1.54) is 36.9 Å². The highest BCUT2D eigenvalue weighted by atomic mass is 15.1. The molecule has 0 spiro atoms. The van der Waals surface area contributed by atoms with Crippen molar-refractivity contribution in [2.75, 3.05) is 5.32 Å². The minimum atomic E-state index is 0.607. The Balaban J connectivity index is 1.76. The van der Waals surface area contributed by atoms with E-state index in [1.54, 1.807) is 6.20 Å². The zero-order chi connectivity index (χ0) is 14.7. The van der Waals surface area contributed by atoms with E-state index in [2.05, 4.69) is 53.6 Å². The Morgan fingerprint density at radius 3 is 2.81 bits per heavy atom. The molecule has 2 atom stereocenters. The van der Waals surface area contributed by atoms with E-state index >= 15 is 0 Å². The Morgan fingerprint density at radius 1 is 1.19 bits per heavy atom. The number of H-pyrrole nitrogens is 1. The van der Waals surface area contributed by atoms with Gasteiger partial charge in [-0.25, -0.2) is 0 Å². The molecule has 0 aliphatic heterocycles. The zero-order valence-corrected chi connectivity index (χ0v) is 13.0. The third-order valence-electron chi connectivity index (χ3n) is 4.70. The number of benzene rings is 1. The smallest absolute Gasteiger partial charge is 0.0650 e. The van der Waals surface area contributed by atoms with Crippen molar-refractivity contribution in [3.8, 4) is 11.3 Å². The fourth-order valence-corrected chi connectivity index (χ4v) is 3.54. The first-order valence-corrected chi connectivity index (χ1v) is 8.10. The summed E-state index contributed by atoms with van der Waals surface area (Å²) in [5, 5.41) is 10.8. The summed E-state index contributed by atoms with van der Waals surface area (Å²) < 4.78 is 0. The predicted molar refractivity (Wildman–Crippen MR) is 88.2 cm³/mol. The van der Waals surface area contributed by atoms with Gasteiger partial charge < -0.3 is 5.32 Å². The molecule has 112 valence electrons. The first-order chi connectivity index (χ1) is 10.2. The van der Waals surface area contributed by atoms with Crippen molar-refractivity contribution in [1.29, 1.82) is 0 Å². The second kappa shape index (κ2) is 6.33. The molecule has 2 unspecified atom stereocenters. The maximum atomic E-state index is 4.03. The SMILES string of the molecule is CC(C)C1CCCCC1Nc1cccc(-c2ccn[nH]2)c1. The average Bonchev–Trinajstić information content (AvgIpc) is 3.02. The molecule has 0 bridgehead atoms. The van der Waals surface area contributed by atoms with Crippen molar-refractivity contribution >= 4 is 5.69 Å². The molecule has 1 aliphatic carbocycles. The molecular formula is C18H25N3. The molecule has 3 rings (SSSR count). The number of hydrogen-bond donors (Lipinski definition) is 2. The van der Waals surface area contributed by atoms with Gasteiger partial charge in [0.15, 0.2) is 0 Å². The molecule has 3 heteroatoms. The largest absolute Gasteiger partial charge is 0.382 e. The van der Waals surface area contributed by atoms with Gasteiger partial charge in [0.25, 0.3) is 0 Å². The molecule has 1 aliphatic rings. The topological polar surface area (TPSA) is 40.7 Å². The Labute approximate surface area is 127 Å². The third kappa shape index (κ3) is 3.29. The summed E-state index contributed by atoms with van der Waals surface area (Å²) in [6.07, 6.45) is 7.18. The van der Waals surface area contributed by atoms with Crippen molar-refractivity contribution in [2.45, 2.75) is 45.6 Å². The van der Waals surface area contributed by atoms with E-state index in [1.807, 2.05) is 6.07 Å². The van der Waals surface area contributed by atoms with Crippen LogP contribution in [0.4, 0.5) is 5.69 Å². The van der Waals surface area contributed by atoms with Gasteiger partial charge in [0, 0.05) is 23.5 Å². The number of aromatic nitrogens is 2. The number of anilines is 1. The van der Waals surface area contributed by atoms with E-state index in [-0.39, 0.29) is 0 Å². The molecule has 1 saturated carbocycles. The number of rotatable bonds is 4. The first-order valence-electron chi connectivity index (χ1n) is 8.10. The Morgan fingerprint density at radius 2 is 2.05 bits per heavy atom. The van der Waals surface area contributed by atoms with Crippen LogP contribution < -0.4 is 5.32 Å². The minimum Gasteiger partial charge on any atom is -0.382 e.